The molecule has 3 heterocycles. The summed E-state index contributed by atoms with van der Waals surface area (Å²) >= 11 is 1.56. The van der Waals surface area contributed by atoms with E-state index in [9.17, 15) is 4.79 Å². The number of carbonyl (C=O) groups excluding carboxylic acids is 1. The highest BCUT2D eigenvalue weighted by Gasteiger charge is 2.15. The summed E-state index contributed by atoms with van der Waals surface area (Å²) in [5.41, 5.74) is 2.40. The molecule has 26 heavy (non-hydrogen) atoms. The fourth-order valence-electron chi connectivity index (χ4n) is 2.71. The van der Waals surface area contributed by atoms with E-state index in [1.54, 1.807) is 11.3 Å². The molecule has 0 aliphatic carbocycles. The van der Waals surface area contributed by atoms with Crippen LogP contribution in [0.3, 0.4) is 0 Å². The lowest BCUT2D eigenvalue weighted by molar-refractivity contribution is -0.115. The highest BCUT2D eigenvalue weighted by Crippen LogP contribution is 2.26. The van der Waals surface area contributed by atoms with Crippen molar-refractivity contribution in [1.82, 2.24) is 9.55 Å². The summed E-state index contributed by atoms with van der Waals surface area (Å²) < 4.78 is 7.68. The number of benzene rings is 1. The Balaban J connectivity index is 1.47. The topological polar surface area (TPSA) is 60.1 Å². The molecule has 1 amide bonds. The first-order valence-electron chi connectivity index (χ1n) is 8.22. The molecule has 1 aromatic carbocycles. The summed E-state index contributed by atoms with van der Waals surface area (Å²) in [7, 11) is 0. The Hall–Kier alpha value is -3.12. The Kier molecular flexibility index (Phi) is 4.41. The average molecular weight is 363 g/mol. The van der Waals surface area contributed by atoms with Gasteiger partial charge in [0.05, 0.1) is 17.0 Å². The number of aryl methyl sites for hydroxylation is 1. The van der Waals surface area contributed by atoms with Gasteiger partial charge in [-0.1, -0.05) is 12.1 Å². The standard InChI is InChI=1S/C20H17N3O2S/c1-14-17(22-20(25-14)18-8-5-11-26-18)13-19(24)21-15-6-4-7-16(12-15)23-9-2-3-10-23/h2-12H,13H2,1H3,(H,21,24). The third-order valence-corrected chi connectivity index (χ3v) is 4.84. The van der Waals surface area contributed by atoms with Crippen LogP contribution in [0.2, 0.25) is 0 Å². The number of aromatic nitrogens is 2. The van der Waals surface area contributed by atoms with Gasteiger partial charge >= 0.3 is 0 Å². The van der Waals surface area contributed by atoms with Crippen molar-refractivity contribution in [3.63, 3.8) is 0 Å². The molecule has 0 radical (unpaired) electrons. The van der Waals surface area contributed by atoms with Crippen LogP contribution in [0.5, 0.6) is 0 Å². The summed E-state index contributed by atoms with van der Waals surface area (Å²) in [6.45, 7) is 1.83. The van der Waals surface area contributed by atoms with Crippen molar-refractivity contribution < 1.29 is 9.21 Å². The Morgan fingerprint density at radius 2 is 2.04 bits per heavy atom. The Morgan fingerprint density at radius 1 is 1.19 bits per heavy atom. The zero-order valence-corrected chi connectivity index (χ0v) is 15.0. The molecule has 3 aromatic heterocycles. The van der Waals surface area contributed by atoms with Crippen LogP contribution >= 0.6 is 11.3 Å². The number of hydrogen-bond donors (Lipinski definition) is 1. The van der Waals surface area contributed by atoms with Crippen LogP contribution in [0, 0.1) is 6.92 Å². The van der Waals surface area contributed by atoms with Gasteiger partial charge in [-0.15, -0.1) is 11.3 Å². The van der Waals surface area contributed by atoms with Crippen molar-refractivity contribution in [1.29, 1.82) is 0 Å². The molecule has 0 saturated carbocycles. The van der Waals surface area contributed by atoms with E-state index in [2.05, 4.69) is 10.3 Å². The molecule has 4 aromatic rings. The summed E-state index contributed by atoms with van der Waals surface area (Å²) in [6.07, 6.45) is 4.10. The fourth-order valence-corrected chi connectivity index (χ4v) is 3.35. The van der Waals surface area contributed by atoms with E-state index in [0.717, 1.165) is 16.3 Å². The number of thiophene rings is 1. The smallest absolute Gasteiger partial charge is 0.236 e. The van der Waals surface area contributed by atoms with Gasteiger partial charge in [-0.2, -0.15) is 0 Å². The van der Waals surface area contributed by atoms with Gasteiger partial charge in [0.2, 0.25) is 11.8 Å². The Bertz CT molecular complexity index is 1020. The monoisotopic (exact) mass is 363 g/mol. The highest BCUT2D eigenvalue weighted by atomic mass is 32.1. The van der Waals surface area contributed by atoms with Crippen molar-refractivity contribution in [2.75, 3.05) is 5.32 Å². The zero-order valence-electron chi connectivity index (χ0n) is 14.2. The zero-order chi connectivity index (χ0) is 17.9. The lowest BCUT2D eigenvalue weighted by Gasteiger charge is -2.08. The van der Waals surface area contributed by atoms with Gasteiger partial charge < -0.3 is 14.3 Å². The molecule has 0 fully saturated rings. The molecule has 0 saturated heterocycles. The SMILES string of the molecule is Cc1oc(-c2cccs2)nc1CC(=O)Nc1cccc(-n2cccc2)c1. The number of rotatable bonds is 5. The maximum absolute atomic E-state index is 12.4. The molecule has 0 spiro atoms. The molecule has 0 aliphatic rings. The molecule has 130 valence electrons. The van der Waals surface area contributed by atoms with Gasteiger partial charge in [0.1, 0.15) is 5.76 Å². The highest BCUT2D eigenvalue weighted by molar-refractivity contribution is 7.13. The minimum atomic E-state index is -0.121. The van der Waals surface area contributed by atoms with Crippen LogP contribution in [0.1, 0.15) is 11.5 Å². The minimum Gasteiger partial charge on any atom is -0.440 e. The predicted octanol–water partition coefficient (Wildman–Crippen LogP) is 4.68. The van der Waals surface area contributed by atoms with E-state index in [1.165, 1.54) is 0 Å². The molecule has 1 N–H and O–H groups in total. The van der Waals surface area contributed by atoms with Crippen LogP contribution in [-0.2, 0) is 11.2 Å². The third-order valence-electron chi connectivity index (χ3n) is 3.99. The van der Waals surface area contributed by atoms with E-state index >= 15 is 0 Å². The first kappa shape index (κ1) is 16.4. The van der Waals surface area contributed by atoms with Crippen molar-refractivity contribution in [2.45, 2.75) is 13.3 Å². The van der Waals surface area contributed by atoms with E-state index in [0.29, 0.717) is 17.3 Å². The summed E-state index contributed by atoms with van der Waals surface area (Å²) in [5, 5.41) is 4.90. The average Bonchev–Trinajstić information content (AvgIpc) is 3.37. The summed E-state index contributed by atoms with van der Waals surface area (Å²) in [4.78, 5) is 17.9. The molecule has 0 aliphatic heterocycles. The first-order valence-corrected chi connectivity index (χ1v) is 9.10. The molecule has 6 heteroatoms. The number of carbonyl (C=O) groups is 1. The molecule has 0 atom stereocenters. The number of nitrogens with zero attached hydrogens (tertiary/aromatic N) is 2. The number of hydrogen-bond acceptors (Lipinski definition) is 4. The van der Waals surface area contributed by atoms with Crippen LogP contribution in [0.25, 0.3) is 16.5 Å². The molecule has 4 rings (SSSR count). The second-order valence-corrected chi connectivity index (χ2v) is 6.81. The molecular weight excluding hydrogens is 346 g/mol. The van der Waals surface area contributed by atoms with Gasteiger partial charge in [0, 0.05) is 23.8 Å². The number of anilines is 1. The molecule has 0 unspecified atom stereocenters. The van der Waals surface area contributed by atoms with E-state index in [4.69, 9.17) is 4.42 Å². The third kappa shape index (κ3) is 3.45. The van der Waals surface area contributed by atoms with Crippen LogP contribution in [0.15, 0.2) is 70.7 Å². The molecule has 0 bridgehead atoms. The second kappa shape index (κ2) is 7.01. The quantitative estimate of drug-likeness (QED) is 0.560. The number of amides is 1. The largest absolute Gasteiger partial charge is 0.440 e. The van der Waals surface area contributed by atoms with Crippen molar-refractivity contribution >= 4 is 22.9 Å². The van der Waals surface area contributed by atoms with Gasteiger partial charge in [-0.3, -0.25) is 4.79 Å². The van der Waals surface area contributed by atoms with Gasteiger partial charge in [0.15, 0.2) is 0 Å². The van der Waals surface area contributed by atoms with Gasteiger partial charge in [0.25, 0.3) is 0 Å². The van der Waals surface area contributed by atoms with Crippen molar-refractivity contribution in [3.05, 3.63) is 77.8 Å². The summed E-state index contributed by atoms with van der Waals surface area (Å²) in [6, 6.07) is 15.5. The Morgan fingerprint density at radius 3 is 2.81 bits per heavy atom. The second-order valence-electron chi connectivity index (χ2n) is 5.86. The maximum atomic E-state index is 12.4. The van der Waals surface area contributed by atoms with Crippen LogP contribution in [0.4, 0.5) is 5.69 Å². The lowest BCUT2D eigenvalue weighted by Crippen LogP contribution is -2.15. The number of oxazole rings is 1. The van der Waals surface area contributed by atoms with Gasteiger partial charge in [-0.05, 0) is 48.7 Å². The number of nitrogens with one attached hydrogen (secondary N) is 1. The predicted molar refractivity (Wildman–Crippen MR) is 103 cm³/mol. The fraction of sp³-hybridized carbons (Fsp3) is 0.100. The van der Waals surface area contributed by atoms with Crippen LogP contribution < -0.4 is 5.32 Å². The van der Waals surface area contributed by atoms with E-state index < -0.39 is 0 Å². The minimum absolute atomic E-state index is 0.121. The summed E-state index contributed by atoms with van der Waals surface area (Å²) in [5.74, 6) is 1.11. The lowest BCUT2D eigenvalue weighted by atomic mass is 10.2. The molecular formula is C20H17N3O2S. The van der Waals surface area contributed by atoms with E-state index in [1.807, 2.05) is 77.8 Å². The maximum Gasteiger partial charge on any atom is 0.236 e. The Labute approximate surface area is 154 Å². The van der Waals surface area contributed by atoms with Crippen LogP contribution in [-0.4, -0.2) is 15.5 Å². The normalized spacial score (nSPS) is 10.8. The van der Waals surface area contributed by atoms with E-state index in [-0.39, 0.29) is 12.3 Å². The van der Waals surface area contributed by atoms with Crippen molar-refractivity contribution in [3.8, 4) is 16.5 Å². The van der Waals surface area contributed by atoms with Gasteiger partial charge in [-0.25, -0.2) is 4.98 Å². The first-order chi connectivity index (χ1) is 12.7. The van der Waals surface area contributed by atoms with Crippen molar-refractivity contribution in [2.24, 2.45) is 0 Å². The molecule has 5 nitrogen and oxygen atoms in total.